The van der Waals surface area contributed by atoms with Crippen molar-refractivity contribution in [3.05, 3.63) is 78.0 Å². The molecule has 2 aromatic heterocycles. The number of carbonyl (C=O) groups excluding carboxylic acids is 2. The summed E-state index contributed by atoms with van der Waals surface area (Å²) in [7, 11) is 0. The Kier molecular flexibility index (Phi) is 7.14. The summed E-state index contributed by atoms with van der Waals surface area (Å²) >= 11 is 6.43. The fourth-order valence-electron chi connectivity index (χ4n) is 4.55. The van der Waals surface area contributed by atoms with Gasteiger partial charge >= 0.3 is 0 Å². The third-order valence-corrected chi connectivity index (χ3v) is 6.66. The second-order valence-electron chi connectivity index (χ2n) is 8.96. The van der Waals surface area contributed by atoms with Crippen molar-refractivity contribution in [1.82, 2.24) is 25.5 Å². The standard InChI is InChI=1S/C27H26ClN7O2/c1-2-23(36)30-17-12-10-16(11-13-17)26(37)31-18-6-5-7-19(14-18)32-27-29-15-21(28)25(33-27)24-20-8-3-4-9-22(20)34-35-24/h2-4,8-13,15,18-19H,1,5-7,14H2,(H,30,36)(H,31,37)(H,34,35)(H,29,32,33). The maximum Gasteiger partial charge on any atom is 0.251 e. The molecule has 10 heteroatoms. The molecule has 37 heavy (non-hydrogen) atoms. The molecule has 2 amide bonds. The molecule has 4 N–H and O–H groups in total. The van der Waals surface area contributed by atoms with E-state index in [1.165, 1.54) is 6.08 Å². The SMILES string of the molecule is C=CC(=O)Nc1ccc(C(=O)NC2CCCC(Nc3ncc(Cl)c(-c4n[nH]c5ccccc45)n3)C2)cc1. The highest BCUT2D eigenvalue weighted by molar-refractivity contribution is 6.33. The highest BCUT2D eigenvalue weighted by Crippen LogP contribution is 2.31. The molecule has 1 saturated carbocycles. The highest BCUT2D eigenvalue weighted by Gasteiger charge is 2.25. The van der Waals surface area contributed by atoms with Crippen LogP contribution in [0.25, 0.3) is 22.3 Å². The molecule has 188 valence electrons. The van der Waals surface area contributed by atoms with Crippen molar-refractivity contribution < 1.29 is 9.59 Å². The second-order valence-corrected chi connectivity index (χ2v) is 9.36. The first kappa shape index (κ1) is 24.5. The third kappa shape index (κ3) is 5.62. The molecule has 2 aromatic carbocycles. The maximum atomic E-state index is 12.8. The molecule has 1 aliphatic carbocycles. The lowest BCUT2D eigenvalue weighted by atomic mass is 9.91. The van der Waals surface area contributed by atoms with Gasteiger partial charge in [-0.3, -0.25) is 14.7 Å². The summed E-state index contributed by atoms with van der Waals surface area (Å²) in [6.45, 7) is 3.43. The number of nitrogens with one attached hydrogen (secondary N) is 4. The molecule has 0 saturated heterocycles. The number of aromatic nitrogens is 4. The van der Waals surface area contributed by atoms with Crippen LogP contribution < -0.4 is 16.0 Å². The summed E-state index contributed by atoms with van der Waals surface area (Å²) in [5.41, 5.74) is 3.28. The summed E-state index contributed by atoms with van der Waals surface area (Å²) < 4.78 is 0. The van der Waals surface area contributed by atoms with Crippen LogP contribution in [-0.4, -0.2) is 44.1 Å². The zero-order valence-corrected chi connectivity index (χ0v) is 20.8. The van der Waals surface area contributed by atoms with Gasteiger partial charge in [-0.05, 0) is 62.1 Å². The van der Waals surface area contributed by atoms with Crippen molar-refractivity contribution in [2.24, 2.45) is 0 Å². The highest BCUT2D eigenvalue weighted by atomic mass is 35.5. The van der Waals surface area contributed by atoms with Gasteiger partial charge in [0.25, 0.3) is 5.91 Å². The van der Waals surface area contributed by atoms with Crippen molar-refractivity contribution >= 4 is 46.0 Å². The van der Waals surface area contributed by atoms with Crippen molar-refractivity contribution in [3.63, 3.8) is 0 Å². The normalized spacial score (nSPS) is 17.2. The first-order valence-corrected chi connectivity index (χ1v) is 12.4. The Morgan fingerprint density at radius 2 is 1.84 bits per heavy atom. The van der Waals surface area contributed by atoms with Crippen LogP contribution in [0.3, 0.4) is 0 Å². The average molecular weight is 516 g/mol. The molecular formula is C27H26ClN7O2. The van der Waals surface area contributed by atoms with Crippen LogP contribution in [0.5, 0.6) is 0 Å². The van der Waals surface area contributed by atoms with E-state index >= 15 is 0 Å². The number of aromatic amines is 1. The van der Waals surface area contributed by atoms with Gasteiger partial charge in [0.1, 0.15) is 11.4 Å². The molecule has 4 aromatic rings. The van der Waals surface area contributed by atoms with Gasteiger partial charge in [-0.1, -0.05) is 36.4 Å². The predicted molar refractivity (Wildman–Crippen MR) is 145 cm³/mol. The van der Waals surface area contributed by atoms with Gasteiger partial charge in [0.15, 0.2) is 0 Å². The molecule has 2 atom stereocenters. The molecule has 0 aliphatic heterocycles. The average Bonchev–Trinajstić information content (AvgIpc) is 3.34. The number of hydrogen-bond acceptors (Lipinski definition) is 6. The Balaban J connectivity index is 1.23. The number of benzene rings is 2. The number of para-hydroxylation sites is 1. The molecule has 1 aliphatic rings. The number of hydrogen-bond donors (Lipinski definition) is 4. The van der Waals surface area contributed by atoms with Crippen LogP contribution in [0.2, 0.25) is 5.02 Å². The van der Waals surface area contributed by atoms with E-state index in [0.29, 0.717) is 33.6 Å². The Morgan fingerprint density at radius 3 is 2.65 bits per heavy atom. The maximum absolute atomic E-state index is 12.8. The summed E-state index contributed by atoms with van der Waals surface area (Å²) in [5, 5.41) is 18.0. The molecule has 0 radical (unpaired) electrons. The van der Waals surface area contributed by atoms with Gasteiger partial charge in [0.2, 0.25) is 11.9 Å². The van der Waals surface area contributed by atoms with Crippen molar-refractivity contribution in [2.75, 3.05) is 10.6 Å². The number of halogens is 1. The van der Waals surface area contributed by atoms with E-state index in [0.717, 1.165) is 36.6 Å². The minimum absolute atomic E-state index is 0.0148. The fraction of sp³-hybridized carbons (Fsp3) is 0.222. The van der Waals surface area contributed by atoms with Crippen molar-refractivity contribution in [2.45, 2.75) is 37.8 Å². The number of fused-ring (bicyclic) bond motifs is 1. The van der Waals surface area contributed by atoms with Gasteiger partial charge in [-0.2, -0.15) is 5.10 Å². The molecular weight excluding hydrogens is 490 g/mol. The quantitative estimate of drug-likeness (QED) is 0.258. The number of anilines is 2. The van der Waals surface area contributed by atoms with Gasteiger partial charge in [-0.15, -0.1) is 0 Å². The first-order chi connectivity index (χ1) is 18.0. The van der Waals surface area contributed by atoms with Gasteiger partial charge in [0.05, 0.1) is 16.7 Å². The lowest BCUT2D eigenvalue weighted by molar-refractivity contribution is -0.111. The smallest absolute Gasteiger partial charge is 0.251 e. The largest absolute Gasteiger partial charge is 0.351 e. The zero-order valence-electron chi connectivity index (χ0n) is 20.0. The molecule has 9 nitrogen and oxygen atoms in total. The second kappa shape index (κ2) is 10.8. The van der Waals surface area contributed by atoms with Crippen molar-refractivity contribution in [3.8, 4) is 11.4 Å². The molecule has 0 spiro atoms. The van der Waals surface area contributed by atoms with Crippen LogP contribution in [-0.2, 0) is 4.79 Å². The van der Waals surface area contributed by atoms with E-state index < -0.39 is 0 Å². The number of amides is 2. The monoisotopic (exact) mass is 515 g/mol. The van der Waals surface area contributed by atoms with Gasteiger partial charge < -0.3 is 16.0 Å². The van der Waals surface area contributed by atoms with Crippen LogP contribution in [0.15, 0.2) is 67.4 Å². The Hall–Kier alpha value is -4.24. The molecule has 2 unspecified atom stereocenters. The Morgan fingerprint density at radius 1 is 1.05 bits per heavy atom. The van der Waals surface area contributed by atoms with E-state index in [-0.39, 0.29) is 23.9 Å². The predicted octanol–water partition coefficient (Wildman–Crippen LogP) is 4.95. The van der Waals surface area contributed by atoms with E-state index in [1.807, 2.05) is 24.3 Å². The number of H-pyrrole nitrogens is 1. The van der Waals surface area contributed by atoms with E-state index in [2.05, 4.69) is 42.7 Å². The zero-order chi connectivity index (χ0) is 25.8. The van der Waals surface area contributed by atoms with Crippen LogP contribution in [0.4, 0.5) is 11.6 Å². The van der Waals surface area contributed by atoms with Gasteiger partial charge in [0, 0.05) is 28.7 Å². The third-order valence-electron chi connectivity index (χ3n) is 6.38. The van der Waals surface area contributed by atoms with Gasteiger partial charge in [-0.25, -0.2) is 9.97 Å². The Bertz CT molecular complexity index is 1450. The lowest BCUT2D eigenvalue weighted by Gasteiger charge is -2.30. The summed E-state index contributed by atoms with van der Waals surface area (Å²) in [5.74, 6) is 0.0238. The topological polar surface area (TPSA) is 125 Å². The summed E-state index contributed by atoms with van der Waals surface area (Å²) in [6.07, 6.45) is 6.31. The number of nitrogens with zero attached hydrogens (tertiary/aromatic N) is 3. The van der Waals surface area contributed by atoms with E-state index in [4.69, 9.17) is 11.6 Å². The van der Waals surface area contributed by atoms with Crippen LogP contribution in [0, 0.1) is 0 Å². The van der Waals surface area contributed by atoms with E-state index in [1.54, 1.807) is 30.5 Å². The molecule has 1 fully saturated rings. The minimum Gasteiger partial charge on any atom is -0.351 e. The summed E-state index contributed by atoms with van der Waals surface area (Å²) in [6, 6.07) is 14.7. The van der Waals surface area contributed by atoms with Crippen LogP contribution >= 0.6 is 11.6 Å². The first-order valence-electron chi connectivity index (χ1n) is 12.1. The minimum atomic E-state index is -0.299. The van der Waals surface area contributed by atoms with Crippen molar-refractivity contribution in [1.29, 1.82) is 0 Å². The van der Waals surface area contributed by atoms with Crippen LogP contribution in [0.1, 0.15) is 36.0 Å². The fourth-order valence-corrected chi connectivity index (χ4v) is 4.73. The Labute approximate surface area is 218 Å². The lowest BCUT2D eigenvalue weighted by Crippen LogP contribution is -2.42. The molecule has 5 rings (SSSR count). The number of carbonyl (C=O) groups is 2. The van der Waals surface area contributed by atoms with E-state index in [9.17, 15) is 9.59 Å². The number of rotatable bonds is 7. The summed E-state index contributed by atoms with van der Waals surface area (Å²) in [4.78, 5) is 33.3. The molecule has 0 bridgehead atoms. The molecule has 2 heterocycles.